The monoisotopic (exact) mass is 242 g/mol. The third-order valence-electron chi connectivity index (χ3n) is 2.63. The molecule has 0 radical (unpaired) electrons. The summed E-state index contributed by atoms with van der Waals surface area (Å²) in [4.78, 5) is 6.66. The molecule has 0 saturated carbocycles. The number of thiazole rings is 1. The molecule has 1 aliphatic heterocycles. The van der Waals surface area contributed by atoms with Crippen molar-refractivity contribution in [1.82, 2.24) is 4.98 Å². The van der Waals surface area contributed by atoms with Gasteiger partial charge in [0.05, 0.1) is 24.0 Å². The van der Waals surface area contributed by atoms with Gasteiger partial charge in [-0.1, -0.05) is 0 Å². The minimum atomic E-state index is -0.487. The first kappa shape index (κ1) is 11.8. The van der Waals surface area contributed by atoms with Gasteiger partial charge in [-0.05, 0) is 20.8 Å². The molecule has 1 aromatic heterocycles. The van der Waals surface area contributed by atoms with Crippen molar-refractivity contribution < 1.29 is 9.84 Å². The summed E-state index contributed by atoms with van der Waals surface area (Å²) in [6.45, 7) is 8.36. The molecule has 2 rings (SSSR count). The number of morpholine rings is 1. The molecule has 1 atom stereocenters. The predicted octanol–water partition coefficient (Wildman–Crippen LogP) is 1.81. The highest BCUT2D eigenvalue weighted by molar-refractivity contribution is 7.13. The Hall–Kier alpha value is -0.650. The maximum absolute atomic E-state index is 9.44. The lowest BCUT2D eigenvalue weighted by molar-refractivity contribution is -0.0277. The lowest BCUT2D eigenvalue weighted by Gasteiger charge is -2.38. The van der Waals surface area contributed by atoms with Crippen LogP contribution in [0.5, 0.6) is 0 Å². The Balaban J connectivity index is 2.11. The molecule has 0 aliphatic carbocycles. The average molecular weight is 242 g/mol. The van der Waals surface area contributed by atoms with E-state index in [2.05, 4.69) is 23.7 Å². The maximum Gasteiger partial charge on any atom is 0.185 e. The molecule has 90 valence electrons. The number of anilines is 1. The van der Waals surface area contributed by atoms with E-state index in [1.807, 2.05) is 5.38 Å². The summed E-state index contributed by atoms with van der Waals surface area (Å²) in [6.07, 6.45) is -0.487. The van der Waals surface area contributed by atoms with Crippen LogP contribution in [0.25, 0.3) is 0 Å². The number of aromatic nitrogens is 1. The van der Waals surface area contributed by atoms with Crippen LogP contribution in [0.3, 0.4) is 0 Å². The van der Waals surface area contributed by atoms with Crippen molar-refractivity contribution in [2.45, 2.75) is 32.5 Å². The van der Waals surface area contributed by atoms with E-state index >= 15 is 0 Å². The molecule has 4 nitrogen and oxygen atoms in total. The van der Waals surface area contributed by atoms with E-state index in [9.17, 15) is 5.11 Å². The molecule has 1 unspecified atom stereocenters. The number of aliphatic hydroxyl groups is 1. The van der Waals surface area contributed by atoms with Crippen molar-refractivity contribution in [3.8, 4) is 0 Å². The summed E-state index contributed by atoms with van der Waals surface area (Å²) < 4.78 is 5.66. The molecule has 2 heterocycles. The number of nitrogens with zero attached hydrogens (tertiary/aromatic N) is 2. The Kier molecular flexibility index (Phi) is 3.19. The second-order valence-corrected chi connectivity index (χ2v) is 5.60. The van der Waals surface area contributed by atoms with Gasteiger partial charge < -0.3 is 14.7 Å². The van der Waals surface area contributed by atoms with E-state index in [1.54, 1.807) is 18.3 Å². The summed E-state index contributed by atoms with van der Waals surface area (Å²) in [6, 6.07) is 0. The quantitative estimate of drug-likeness (QED) is 0.859. The minimum absolute atomic E-state index is 0.116. The van der Waals surface area contributed by atoms with Gasteiger partial charge in [0.2, 0.25) is 0 Å². The number of hydrogen-bond acceptors (Lipinski definition) is 5. The molecule has 1 aromatic rings. The van der Waals surface area contributed by atoms with Crippen LogP contribution in [0.1, 0.15) is 32.6 Å². The smallest absolute Gasteiger partial charge is 0.185 e. The van der Waals surface area contributed by atoms with Crippen molar-refractivity contribution in [3.63, 3.8) is 0 Å². The van der Waals surface area contributed by atoms with E-state index in [4.69, 9.17) is 4.74 Å². The van der Waals surface area contributed by atoms with E-state index in [0.29, 0.717) is 0 Å². The Morgan fingerprint density at radius 1 is 1.62 bits per heavy atom. The van der Waals surface area contributed by atoms with Gasteiger partial charge in [-0.15, -0.1) is 11.3 Å². The van der Waals surface area contributed by atoms with Crippen molar-refractivity contribution in [2.24, 2.45) is 0 Å². The van der Waals surface area contributed by atoms with E-state index in [-0.39, 0.29) is 5.60 Å². The third-order valence-corrected chi connectivity index (χ3v) is 3.55. The van der Waals surface area contributed by atoms with Gasteiger partial charge in [0, 0.05) is 18.5 Å². The Morgan fingerprint density at radius 3 is 2.94 bits per heavy atom. The van der Waals surface area contributed by atoms with Crippen LogP contribution in [-0.2, 0) is 4.74 Å². The van der Waals surface area contributed by atoms with Crippen molar-refractivity contribution in [2.75, 3.05) is 24.6 Å². The van der Waals surface area contributed by atoms with Crippen LogP contribution in [0, 0.1) is 0 Å². The van der Waals surface area contributed by atoms with E-state index < -0.39 is 6.10 Å². The van der Waals surface area contributed by atoms with Crippen LogP contribution in [0.4, 0.5) is 5.13 Å². The lowest BCUT2D eigenvalue weighted by atomic mass is 10.1. The number of aliphatic hydroxyl groups excluding tert-OH is 1. The zero-order valence-corrected chi connectivity index (χ0v) is 10.8. The molecule has 1 N–H and O–H groups in total. The molecule has 1 saturated heterocycles. The molecule has 16 heavy (non-hydrogen) atoms. The maximum atomic E-state index is 9.44. The van der Waals surface area contributed by atoms with Gasteiger partial charge in [-0.2, -0.15) is 0 Å². The summed E-state index contributed by atoms with van der Waals surface area (Å²) in [7, 11) is 0. The van der Waals surface area contributed by atoms with Crippen molar-refractivity contribution >= 4 is 16.5 Å². The number of hydrogen-bond donors (Lipinski definition) is 1. The summed E-state index contributed by atoms with van der Waals surface area (Å²) in [5, 5.41) is 12.3. The molecule has 1 aliphatic rings. The van der Waals surface area contributed by atoms with Crippen LogP contribution >= 0.6 is 11.3 Å². The topological polar surface area (TPSA) is 45.6 Å². The SMILES string of the molecule is CC(O)c1csc(N2CCOC(C)(C)C2)n1. The fourth-order valence-electron chi connectivity index (χ4n) is 1.79. The standard InChI is InChI=1S/C11H18N2O2S/c1-8(14)9-6-16-10(12-9)13-4-5-15-11(2,3)7-13/h6,8,14H,4-5,7H2,1-3H3. The molecule has 0 bridgehead atoms. The van der Waals surface area contributed by atoms with E-state index in [0.717, 1.165) is 30.5 Å². The fourth-order valence-corrected chi connectivity index (χ4v) is 2.73. The molecule has 0 amide bonds. The van der Waals surface area contributed by atoms with Crippen LogP contribution in [0.2, 0.25) is 0 Å². The lowest BCUT2D eigenvalue weighted by Crippen LogP contribution is -2.48. The van der Waals surface area contributed by atoms with Crippen LogP contribution in [-0.4, -0.2) is 35.4 Å². The number of ether oxygens (including phenoxy) is 1. The first-order valence-electron chi connectivity index (χ1n) is 5.50. The summed E-state index contributed by atoms with van der Waals surface area (Å²) in [5.74, 6) is 0. The van der Waals surface area contributed by atoms with Gasteiger partial charge >= 0.3 is 0 Å². The number of rotatable bonds is 2. The zero-order valence-electron chi connectivity index (χ0n) is 9.93. The Bertz CT molecular complexity index is 363. The molecule has 0 spiro atoms. The van der Waals surface area contributed by atoms with Gasteiger partial charge in [0.1, 0.15) is 0 Å². The molecular weight excluding hydrogens is 224 g/mol. The first-order valence-corrected chi connectivity index (χ1v) is 6.38. The molecular formula is C11H18N2O2S. The second-order valence-electron chi connectivity index (χ2n) is 4.76. The van der Waals surface area contributed by atoms with Crippen LogP contribution < -0.4 is 4.90 Å². The molecule has 0 aromatic carbocycles. The van der Waals surface area contributed by atoms with E-state index in [1.165, 1.54) is 0 Å². The normalized spacial score (nSPS) is 22.1. The first-order chi connectivity index (χ1) is 7.48. The summed E-state index contributed by atoms with van der Waals surface area (Å²) in [5.41, 5.74) is 0.638. The van der Waals surface area contributed by atoms with Gasteiger partial charge in [-0.25, -0.2) is 4.98 Å². The Morgan fingerprint density at radius 2 is 2.38 bits per heavy atom. The highest BCUT2D eigenvalue weighted by Gasteiger charge is 2.28. The third kappa shape index (κ3) is 2.53. The Labute approximate surface area is 99.9 Å². The average Bonchev–Trinajstić information content (AvgIpc) is 2.64. The van der Waals surface area contributed by atoms with Crippen molar-refractivity contribution in [1.29, 1.82) is 0 Å². The largest absolute Gasteiger partial charge is 0.387 e. The van der Waals surface area contributed by atoms with Crippen LogP contribution in [0.15, 0.2) is 5.38 Å². The van der Waals surface area contributed by atoms with Gasteiger partial charge in [0.25, 0.3) is 0 Å². The predicted molar refractivity (Wildman–Crippen MR) is 65.0 cm³/mol. The van der Waals surface area contributed by atoms with Crippen molar-refractivity contribution in [3.05, 3.63) is 11.1 Å². The molecule has 1 fully saturated rings. The summed E-state index contributed by atoms with van der Waals surface area (Å²) >= 11 is 1.58. The highest BCUT2D eigenvalue weighted by atomic mass is 32.1. The molecule has 5 heteroatoms. The van der Waals surface area contributed by atoms with Gasteiger partial charge in [0.15, 0.2) is 5.13 Å². The second kappa shape index (κ2) is 4.31. The minimum Gasteiger partial charge on any atom is -0.387 e. The zero-order chi connectivity index (χ0) is 11.8. The highest BCUT2D eigenvalue weighted by Crippen LogP contribution is 2.27. The fraction of sp³-hybridized carbons (Fsp3) is 0.727. The van der Waals surface area contributed by atoms with Gasteiger partial charge in [-0.3, -0.25) is 0 Å².